The van der Waals surface area contributed by atoms with Crippen molar-refractivity contribution in [1.82, 2.24) is 10.2 Å². The summed E-state index contributed by atoms with van der Waals surface area (Å²) in [5, 5.41) is 3.86. The Bertz CT molecular complexity index is 779. The fourth-order valence-corrected chi connectivity index (χ4v) is 3.89. The molecule has 1 aliphatic heterocycles. The third-order valence-corrected chi connectivity index (χ3v) is 5.53. The summed E-state index contributed by atoms with van der Waals surface area (Å²) in [6, 6.07) is 15.4. The number of ether oxygens (including phenoxy) is 1. The minimum Gasteiger partial charge on any atom is -0.493 e. The van der Waals surface area contributed by atoms with Gasteiger partial charge >= 0.3 is 0 Å². The van der Waals surface area contributed by atoms with Gasteiger partial charge in [-0.3, -0.25) is 9.69 Å². The summed E-state index contributed by atoms with van der Waals surface area (Å²) in [6.45, 7) is 5.32. The SMILES string of the molecule is CCCCOc1ccccc1C(=O)NCC(c1ccccc1Cl)N1CCCC1.Cl. The molecule has 0 bridgehead atoms. The fourth-order valence-electron chi connectivity index (χ4n) is 3.63. The van der Waals surface area contributed by atoms with E-state index in [0.717, 1.165) is 36.5 Å². The van der Waals surface area contributed by atoms with Crippen LogP contribution in [0.1, 0.15) is 54.6 Å². The van der Waals surface area contributed by atoms with E-state index in [1.165, 1.54) is 12.8 Å². The van der Waals surface area contributed by atoms with Crippen LogP contribution in [0.15, 0.2) is 48.5 Å². The normalized spacial score (nSPS) is 14.8. The second-order valence-electron chi connectivity index (χ2n) is 7.19. The molecule has 0 aromatic heterocycles. The lowest BCUT2D eigenvalue weighted by Gasteiger charge is -2.29. The van der Waals surface area contributed by atoms with Gasteiger partial charge in [-0.05, 0) is 56.1 Å². The number of halogens is 2. The molecular formula is C23H30Cl2N2O2. The standard InChI is InChI=1S/C23H29ClN2O2.ClH/c1-2-3-16-28-22-13-7-5-11-19(22)23(27)25-17-21(26-14-8-9-15-26)18-10-4-6-12-20(18)24;/h4-7,10-13,21H,2-3,8-9,14-17H2,1H3,(H,25,27);1H. The largest absolute Gasteiger partial charge is 0.493 e. The van der Waals surface area contributed by atoms with Gasteiger partial charge in [0.05, 0.1) is 18.2 Å². The van der Waals surface area contributed by atoms with Crippen molar-refractivity contribution in [3.05, 3.63) is 64.7 Å². The molecule has 6 heteroatoms. The van der Waals surface area contributed by atoms with Crippen LogP contribution in [-0.4, -0.2) is 37.0 Å². The summed E-state index contributed by atoms with van der Waals surface area (Å²) in [6.07, 6.45) is 4.40. The number of hydrogen-bond donors (Lipinski definition) is 1. The third-order valence-electron chi connectivity index (χ3n) is 5.19. The molecule has 2 aromatic carbocycles. The summed E-state index contributed by atoms with van der Waals surface area (Å²) in [4.78, 5) is 15.3. The van der Waals surface area contributed by atoms with Gasteiger partial charge in [0.25, 0.3) is 5.91 Å². The molecule has 1 unspecified atom stereocenters. The van der Waals surface area contributed by atoms with Crippen LogP contribution < -0.4 is 10.1 Å². The highest BCUT2D eigenvalue weighted by atomic mass is 35.5. The van der Waals surface area contributed by atoms with Crippen LogP contribution in [-0.2, 0) is 0 Å². The summed E-state index contributed by atoms with van der Waals surface area (Å²) < 4.78 is 5.82. The van der Waals surface area contributed by atoms with Gasteiger partial charge < -0.3 is 10.1 Å². The van der Waals surface area contributed by atoms with Crippen molar-refractivity contribution in [1.29, 1.82) is 0 Å². The van der Waals surface area contributed by atoms with Gasteiger partial charge in [0.15, 0.2) is 0 Å². The second kappa shape index (κ2) is 12.1. The van der Waals surface area contributed by atoms with E-state index in [2.05, 4.69) is 23.2 Å². The molecule has 4 nitrogen and oxygen atoms in total. The predicted octanol–water partition coefficient (Wildman–Crippen LogP) is 5.51. The average molecular weight is 437 g/mol. The number of carbonyl (C=O) groups is 1. The number of hydrogen-bond acceptors (Lipinski definition) is 3. The first-order chi connectivity index (χ1) is 13.7. The molecule has 1 amide bonds. The first-order valence-electron chi connectivity index (χ1n) is 10.2. The highest BCUT2D eigenvalue weighted by molar-refractivity contribution is 6.31. The molecule has 3 rings (SSSR count). The molecule has 29 heavy (non-hydrogen) atoms. The van der Waals surface area contributed by atoms with Crippen molar-refractivity contribution in [3.63, 3.8) is 0 Å². The lowest BCUT2D eigenvalue weighted by molar-refractivity contribution is 0.0933. The molecule has 0 spiro atoms. The zero-order chi connectivity index (χ0) is 19.8. The topological polar surface area (TPSA) is 41.6 Å². The van der Waals surface area contributed by atoms with Gasteiger partial charge in [0, 0.05) is 11.6 Å². The first-order valence-corrected chi connectivity index (χ1v) is 10.6. The zero-order valence-electron chi connectivity index (χ0n) is 16.9. The molecule has 1 fully saturated rings. The summed E-state index contributed by atoms with van der Waals surface area (Å²) >= 11 is 6.47. The van der Waals surface area contributed by atoms with Gasteiger partial charge in [-0.15, -0.1) is 12.4 Å². The maximum Gasteiger partial charge on any atom is 0.255 e. The van der Waals surface area contributed by atoms with Crippen LogP contribution in [0.4, 0.5) is 0 Å². The van der Waals surface area contributed by atoms with E-state index in [4.69, 9.17) is 16.3 Å². The Morgan fingerprint density at radius 3 is 2.55 bits per heavy atom. The number of rotatable bonds is 9. The molecule has 0 radical (unpaired) electrons. The van der Waals surface area contributed by atoms with Crippen LogP contribution in [0.25, 0.3) is 0 Å². The minimum atomic E-state index is -0.108. The lowest BCUT2D eigenvalue weighted by Crippen LogP contribution is -2.37. The van der Waals surface area contributed by atoms with E-state index < -0.39 is 0 Å². The molecule has 1 heterocycles. The monoisotopic (exact) mass is 436 g/mol. The Balaban J connectivity index is 0.00000300. The minimum absolute atomic E-state index is 0. The lowest BCUT2D eigenvalue weighted by atomic mass is 10.0. The predicted molar refractivity (Wildman–Crippen MR) is 121 cm³/mol. The molecule has 158 valence electrons. The van der Waals surface area contributed by atoms with E-state index in [9.17, 15) is 4.79 Å². The molecule has 2 aromatic rings. The number of carbonyl (C=O) groups excluding carboxylic acids is 1. The summed E-state index contributed by atoms with van der Waals surface area (Å²) in [7, 11) is 0. The van der Waals surface area contributed by atoms with Crippen molar-refractivity contribution in [2.45, 2.75) is 38.6 Å². The Kier molecular flexibility index (Phi) is 9.79. The maximum absolute atomic E-state index is 12.9. The number of para-hydroxylation sites is 1. The van der Waals surface area contributed by atoms with Crippen molar-refractivity contribution in [3.8, 4) is 5.75 Å². The summed E-state index contributed by atoms with van der Waals surface area (Å²) in [5.41, 5.74) is 1.65. The highest BCUT2D eigenvalue weighted by Crippen LogP contribution is 2.30. The number of amides is 1. The highest BCUT2D eigenvalue weighted by Gasteiger charge is 2.26. The average Bonchev–Trinajstić information content (AvgIpc) is 3.24. The van der Waals surface area contributed by atoms with E-state index in [-0.39, 0.29) is 24.4 Å². The Morgan fingerprint density at radius 2 is 1.83 bits per heavy atom. The van der Waals surface area contributed by atoms with Crippen molar-refractivity contribution < 1.29 is 9.53 Å². The van der Waals surface area contributed by atoms with Crippen LogP contribution in [0.3, 0.4) is 0 Å². The van der Waals surface area contributed by atoms with E-state index in [1.54, 1.807) is 0 Å². The maximum atomic E-state index is 12.9. The van der Waals surface area contributed by atoms with E-state index in [0.29, 0.717) is 24.5 Å². The zero-order valence-corrected chi connectivity index (χ0v) is 18.5. The van der Waals surface area contributed by atoms with E-state index >= 15 is 0 Å². The van der Waals surface area contributed by atoms with Gasteiger partial charge in [-0.25, -0.2) is 0 Å². The fraction of sp³-hybridized carbons (Fsp3) is 0.435. The number of benzene rings is 2. The number of nitrogens with one attached hydrogen (secondary N) is 1. The molecule has 1 aliphatic rings. The first kappa shape index (κ1) is 23.5. The number of likely N-dealkylation sites (tertiary alicyclic amines) is 1. The molecule has 0 aliphatic carbocycles. The number of nitrogens with zero attached hydrogens (tertiary/aromatic N) is 1. The van der Waals surface area contributed by atoms with Crippen LogP contribution in [0, 0.1) is 0 Å². The van der Waals surface area contributed by atoms with Crippen molar-refractivity contribution in [2.24, 2.45) is 0 Å². The van der Waals surface area contributed by atoms with Gasteiger partial charge in [0.2, 0.25) is 0 Å². The third kappa shape index (κ3) is 6.36. The molecule has 1 atom stereocenters. The molecule has 0 saturated carbocycles. The Hall–Kier alpha value is -1.75. The van der Waals surface area contributed by atoms with Gasteiger partial charge in [0.1, 0.15) is 5.75 Å². The molecule has 1 saturated heterocycles. The van der Waals surface area contributed by atoms with Crippen LogP contribution >= 0.6 is 24.0 Å². The van der Waals surface area contributed by atoms with Gasteiger partial charge in [-0.1, -0.05) is 55.3 Å². The van der Waals surface area contributed by atoms with Gasteiger partial charge in [-0.2, -0.15) is 0 Å². The smallest absolute Gasteiger partial charge is 0.255 e. The Morgan fingerprint density at radius 1 is 1.14 bits per heavy atom. The molecular weight excluding hydrogens is 407 g/mol. The summed E-state index contributed by atoms with van der Waals surface area (Å²) in [5.74, 6) is 0.535. The van der Waals surface area contributed by atoms with Crippen LogP contribution in [0.2, 0.25) is 5.02 Å². The number of unbranched alkanes of at least 4 members (excludes halogenated alkanes) is 1. The van der Waals surface area contributed by atoms with E-state index in [1.807, 2.05) is 42.5 Å². The van der Waals surface area contributed by atoms with Crippen molar-refractivity contribution >= 4 is 29.9 Å². The van der Waals surface area contributed by atoms with Crippen LogP contribution in [0.5, 0.6) is 5.75 Å². The second-order valence-corrected chi connectivity index (χ2v) is 7.60. The van der Waals surface area contributed by atoms with Crippen molar-refractivity contribution in [2.75, 3.05) is 26.2 Å². The quantitative estimate of drug-likeness (QED) is 0.526. The molecule has 1 N–H and O–H groups in total. The Labute approximate surface area is 185 Å².